The molecule has 31 heavy (non-hydrogen) atoms. The van der Waals surface area contributed by atoms with Crippen molar-refractivity contribution in [2.45, 2.75) is 20.3 Å². The molecule has 0 radical (unpaired) electrons. The van der Waals surface area contributed by atoms with Crippen molar-refractivity contribution >= 4 is 45.6 Å². The average Bonchev–Trinajstić information content (AvgIpc) is 3.40. The van der Waals surface area contributed by atoms with Gasteiger partial charge in [0.2, 0.25) is 11.8 Å². The average molecular weight is 435 g/mol. The molecule has 1 aliphatic heterocycles. The Labute approximate surface area is 184 Å². The standard InChI is InChI=1S/C23H22N4O3S/c1-14-4-3-5-19(15(14)2)27-13-17(12-20(27)28)22(30)25-18-8-6-16(7-9-18)21(29)26-23-24-10-11-31-23/h3-11,17H,12-13H2,1-2H3,(H,25,30)(H,24,26,29). The molecule has 3 aromatic rings. The number of aromatic nitrogens is 1. The van der Waals surface area contributed by atoms with Crippen LogP contribution in [0.4, 0.5) is 16.5 Å². The van der Waals surface area contributed by atoms with E-state index >= 15 is 0 Å². The van der Waals surface area contributed by atoms with Crippen LogP contribution < -0.4 is 15.5 Å². The Bertz CT molecular complexity index is 1130. The summed E-state index contributed by atoms with van der Waals surface area (Å²) in [6.45, 7) is 4.34. The molecule has 1 aliphatic rings. The highest BCUT2D eigenvalue weighted by atomic mass is 32.1. The van der Waals surface area contributed by atoms with Crippen LogP contribution in [0, 0.1) is 19.8 Å². The third-order valence-corrected chi connectivity index (χ3v) is 6.12. The van der Waals surface area contributed by atoms with Crippen molar-refractivity contribution in [1.29, 1.82) is 0 Å². The van der Waals surface area contributed by atoms with E-state index in [4.69, 9.17) is 0 Å². The summed E-state index contributed by atoms with van der Waals surface area (Å²) in [6, 6.07) is 12.5. The van der Waals surface area contributed by atoms with Crippen LogP contribution in [0.25, 0.3) is 0 Å². The Morgan fingerprint density at radius 2 is 1.87 bits per heavy atom. The number of carbonyl (C=O) groups excluding carboxylic acids is 3. The van der Waals surface area contributed by atoms with Crippen LogP contribution in [0.15, 0.2) is 54.0 Å². The summed E-state index contributed by atoms with van der Waals surface area (Å²) in [5.74, 6) is -0.956. The monoisotopic (exact) mass is 434 g/mol. The van der Waals surface area contributed by atoms with Crippen molar-refractivity contribution in [3.8, 4) is 0 Å². The van der Waals surface area contributed by atoms with Crippen molar-refractivity contribution in [1.82, 2.24) is 4.98 Å². The van der Waals surface area contributed by atoms with Gasteiger partial charge in [0.05, 0.1) is 5.92 Å². The molecule has 1 atom stereocenters. The highest BCUT2D eigenvalue weighted by Gasteiger charge is 2.35. The molecule has 7 nitrogen and oxygen atoms in total. The van der Waals surface area contributed by atoms with Gasteiger partial charge in [-0.15, -0.1) is 11.3 Å². The summed E-state index contributed by atoms with van der Waals surface area (Å²) >= 11 is 1.34. The van der Waals surface area contributed by atoms with Crippen LogP contribution >= 0.6 is 11.3 Å². The minimum atomic E-state index is -0.430. The zero-order valence-corrected chi connectivity index (χ0v) is 18.0. The van der Waals surface area contributed by atoms with Gasteiger partial charge < -0.3 is 10.2 Å². The van der Waals surface area contributed by atoms with Crippen molar-refractivity contribution in [3.05, 3.63) is 70.7 Å². The zero-order valence-electron chi connectivity index (χ0n) is 17.2. The topological polar surface area (TPSA) is 91.4 Å². The normalized spacial score (nSPS) is 15.7. The fourth-order valence-corrected chi connectivity index (χ4v) is 4.07. The number of amides is 3. The number of benzene rings is 2. The van der Waals surface area contributed by atoms with Gasteiger partial charge in [0.1, 0.15) is 0 Å². The molecular weight excluding hydrogens is 412 g/mol. The molecule has 3 amide bonds. The van der Waals surface area contributed by atoms with Gasteiger partial charge in [0.15, 0.2) is 5.13 Å². The molecule has 1 aromatic heterocycles. The van der Waals surface area contributed by atoms with E-state index in [1.165, 1.54) is 11.3 Å². The summed E-state index contributed by atoms with van der Waals surface area (Å²) in [4.78, 5) is 43.3. The maximum Gasteiger partial charge on any atom is 0.257 e. The zero-order chi connectivity index (χ0) is 22.0. The first kappa shape index (κ1) is 20.7. The van der Waals surface area contributed by atoms with E-state index in [1.54, 1.807) is 40.7 Å². The second-order valence-electron chi connectivity index (χ2n) is 7.48. The van der Waals surface area contributed by atoms with Gasteiger partial charge in [-0.1, -0.05) is 12.1 Å². The van der Waals surface area contributed by atoms with E-state index in [2.05, 4.69) is 15.6 Å². The van der Waals surface area contributed by atoms with E-state index in [0.717, 1.165) is 16.8 Å². The van der Waals surface area contributed by atoms with Crippen molar-refractivity contribution in [2.24, 2.45) is 5.92 Å². The van der Waals surface area contributed by atoms with E-state index in [-0.39, 0.29) is 24.1 Å². The number of aryl methyl sites for hydroxylation is 1. The molecule has 1 saturated heterocycles. The number of hydrogen-bond acceptors (Lipinski definition) is 5. The number of hydrogen-bond donors (Lipinski definition) is 2. The van der Waals surface area contributed by atoms with Gasteiger partial charge in [-0.25, -0.2) is 4.98 Å². The minimum Gasteiger partial charge on any atom is -0.326 e. The van der Waals surface area contributed by atoms with E-state index in [1.807, 2.05) is 32.0 Å². The molecule has 2 heterocycles. The second-order valence-corrected chi connectivity index (χ2v) is 8.38. The molecule has 0 spiro atoms. The molecule has 2 N–H and O–H groups in total. The largest absolute Gasteiger partial charge is 0.326 e. The lowest BCUT2D eigenvalue weighted by Crippen LogP contribution is -2.28. The first-order valence-corrected chi connectivity index (χ1v) is 10.8. The fourth-order valence-electron chi connectivity index (χ4n) is 3.55. The quantitative estimate of drug-likeness (QED) is 0.635. The highest BCUT2D eigenvalue weighted by Crippen LogP contribution is 2.30. The van der Waals surface area contributed by atoms with Crippen LogP contribution in [-0.2, 0) is 9.59 Å². The molecule has 0 bridgehead atoms. The number of carbonyl (C=O) groups is 3. The molecular formula is C23H22N4O3S. The van der Waals surface area contributed by atoms with Gasteiger partial charge in [-0.3, -0.25) is 19.7 Å². The molecule has 4 rings (SSSR count). The van der Waals surface area contributed by atoms with Crippen molar-refractivity contribution in [2.75, 3.05) is 22.1 Å². The number of thiazole rings is 1. The lowest BCUT2D eigenvalue weighted by Gasteiger charge is -2.20. The molecule has 0 aliphatic carbocycles. The fraction of sp³-hybridized carbons (Fsp3) is 0.217. The van der Waals surface area contributed by atoms with E-state index in [0.29, 0.717) is 22.9 Å². The third kappa shape index (κ3) is 4.49. The van der Waals surface area contributed by atoms with Crippen LogP contribution in [0.5, 0.6) is 0 Å². The Balaban J connectivity index is 1.39. The second kappa shape index (κ2) is 8.69. The van der Waals surface area contributed by atoms with Gasteiger partial charge in [-0.05, 0) is 55.3 Å². The Morgan fingerprint density at radius 1 is 1.10 bits per heavy atom. The minimum absolute atomic E-state index is 0.0527. The molecule has 2 aromatic carbocycles. The number of nitrogens with one attached hydrogen (secondary N) is 2. The molecule has 8 heteroatoms. The van der Waals surface area contributed by atoms with E-state index < -0.39 is 5.92 Å². The van der Waals surface area contributed by atoms with Gasteiger partial charge in [0.25, 0.3) is 5.91 Å². The summed E-state index contributed by atoms with van der Waals surface area (Å²) in [5, 5.41) is 7.88. The Morgan fingerprint density at radius 3 is 2.58 bits per heavy atom. The van der Waals surface area contributed by atoms with Gasteiger partial charge in [-0.2, -0.15) is 0 Å². The first-order chi connectivity index (χ1) is 14.9. The number of nitrogens with zero attached hydrogens (tertiary/aromatic N) is 2. The predicted molar refractivity (Wildman–Crippen MR) is 122 cm³/mol. The maximum atomic E-state index is 12.7. The molecule has 0 saturated carbocycles. The summed E-state index contributed by atoms with van der Waals surface area (Å²) in [7, 11) is 0. The molecule has 1 fully saturated rings. The smallest absolute Gasteiger partial charge is 0.257 e. The van der Waals surface area contributed by atoms with Gasteiger partial charge in [0, 0.05) is 41.5 Å². The molecule has 158 valence electrons. The van der Waals surface area contributed by atoms with Crippen molar-refractivity contribution in [3.63, 3.8) is 0 Å². The van der Waals surface area contributed by atoms with Crippen LogP contribution in [0.1, 0.15) is 27.9 Å². The highest BCUT2D eigenvalue weighted by molar-refractivity contribution is 7.13. The maximum absolute atomic E-state index is 12.7. The Hall–Kier alpha value is -3.52. The SMILES string of the molecule is Cc1cccc(N2CC(C(=O)Nc3ccc(C(=O)Nc4nccs4)cc3)CC2=O)c1C. The summed E-state index contributed by atoms with van der Waals surface area (Å²) in [6.07, 6.45) is 1.79. The van der Waals surface area contributed by atoms with E-state index in [9.17, 15) is 14.4 Å². The predicted octanol–water partition coefficient (Wildman–Crippen LogP) is 4.00. The Kier molecular flexibility index (Phi) is 5.81. The first-order valence-electron chi connectivity index (χ1n) is 9.90. The third-order valence-electron chi connectivity index (χ3n) is 5.43. The molecule has 1 unspecified atom stereocenters. The number of rotatable bonds is 5. The summed E-state index contributed by atoms with van der Waals surface area (Å²) in [5.41, 5.74) is 4.05. The lowest BCUT2D eigenvalue weighted by molar-refractivity contribution is -0.122. The van der Waals surface area contributed by atoms with Gasteiger partial charge >= 0.3 is 0 Å². The van der Waals surface area contributed by atoms with Crippen LogP contribution in [0.2, 0.25) is 0 Å². The van der Waals surface area contributed by atoms with Crippen molar-refractivity contribution < 1.29 is 14.4 Å². The number of anilines is 3. The summed E-state index contributed by atoms with van der Waals surface area (Å²) < 4.78 is 0. The van der Waals surface area contributed by atoms with Crippen LogP contribution in [0.3, 0.4) is 0 Å². The lowest BCUT2D eigenvalue weighted by atomic mass is 10.1. The van der Waals surface area contributed by atoms with Crippen LogP contribution in [-0.4, -0.2) is 29.3 Å².